The quantitative estimate of drug-likeness (QED) is 0.0879. The summed E-state index contributed by atoms with van der Waals surface area (Å²) < 4.78 is 0. The van der Waals surface area contributed by atoms with Crippen molar-refractivity contribution in [3.05, 3.63) is 47.7 Å². The lowest BCUT2D eigenvalue weighted by Crippen LogP contribution is -2.61. The first-order valence-electron chi connectivity index (χ1n) is 13.8. The fourth-order valence-electron chi connectivity index (χ4n) is 4.97. The number of carbonyl (C=O) groups excluding carboxylic acids is 4. The predicted octanol–water partition coefficient (Wildman–Crippen LogP) is -0.834. The summed E-state index contributed by atoms with van der Waals surface area (Å²) >= 11 is 0. The van der Waals surface area contributed by atoms with Crippen LogP contribution in [0.25, 0.3) is 0 Å². The minimum atomic E-state index is -1.40. The molecule has 1 heterocycles. The van der Waals surface area contributed by atoms with Crippen LogP contribution < -0.4 is 33.3 Å². The van der Waals surface area contributed by atoms with Crippen LogP contribution in [-0.2, 0) is 25.6 Å². The molecule has 0 unspecified atom stereocenters. The molecular weight excluding hydrogens is 542 g/mol. The van der Waals surface area contributed by atoms with E-state index in [0.717, 1.165) is 29.6 Å². The Kier molecular flexibility index (Phi) is 11.6. The molecule has 3 atom stereocenters. The van der Waals surface area contributed by atoms with Crippen LogP contribution in [-0.4, -0.2) is 80.3 Å². The lowest BCUT2D eigenvalue weighted by atomic mass is 9.90. The van der Waals surface area contributed by atoms with E-state index in [9.17, 15) is 19.2 Å². The van der Waals surface area contributed by atoms with Gasteiger partial charge in [0.2, 0.25) is 11.8 Å². The molecule has 0 saturated heterocycles. The molecule has 3 amide bonds. The third-order valence-corrected chi connectivity index (χ3v) is 6.96. The summed E-state index contributed by atoms with van der Waals surface area (Å²) in [6.07, 6.45) is 5.27. The Balaban J connectivity index is 1.99. The van der Waals surface area contributed by atoms with Crippen LogP contribution in [0, 0.1) is 5.41 Å². The van der Waals surface area contributed by atoms with E-state index in [1.54, 1.807) is 24.3 Å². The number of nitrogens with two attached hydrogens (primary N) is 3. The molecule has 226 valence electrons. The monoisotopic (exact) mass is 581 g/mol. The molecule has 1 aliphatic rings. The van der Waals surface area contributed by atoms with Gasteiger partial charge in [0, 0.05) is 24.6 Å². The van der Waals surface area contributed by atoms with Gasteiger partial charge in [-0.3, -0.25) is 19.8 Å². The Morgan fingerprint density at radius 1 is 1.17 bits per heavy atom. The molecule has 10 N–H and O–H groups in total. The molecule has 1 aromatic carbocycles. The Hall–Kier alpha value is -4.75. The molecule has 0 aliphatic heterocycles. The number of guanidine groups is 1. The van der Waals surface area contributed by atoms with Gasteiger partial charge in [0.25, 0.3) is 5.91 Å². The number of nitrogens with one attached hydrogen (secondary N) is 4. The number of hydrogen-bond acceptors (Lipinski definition) is 9. The zero-order chi connectivity index (χ0) is 30.6. The SMILES string of the molecule is C[C@H](N)C(=O)N(C1CCCCC1)[C@H](C(=O)N[C@@H](Cc1ccccc1)C(=O)Nn1cc(N)nn1)C(=C=O)CCNC(=N)N. The fraction of sp³-hybridized carbons (Fsp3) is 0.481. The van der Waals surface area contributed by atoms with Crippen LogP contribution in [0.3, 0.4) is 0 Å². The van der Waals surface area contributed by atoms with E-state index in [2.05, 4.69) is 26.4 Å². The molecule has 1 aliphatic carbocycles. The number of carbonyl (C=O) groups is 3. The summed E-state index contributed by atoms with van der Waals surface area (Å²) in [5, 5.41) is 20.2. The molecule has 15 nitrogen and oxygen atoms in total. The van der Waals surface area contributed by atoms with Crippen molar-refractivity contribution in [1.82, 2.24) is 30.6 Å². The summed E-state index contributed by atoms with van der Waals surface area (Å²) in [7, 11) is 0. The Morgan fingerprint density at radius 2 is 1.86 bits per heavy atom. The van der Waals surface area contributed by atoms with Crippen LogP contribution in [0.2, 0.25) is 0 Å². The van der Waals surface area contributed by atoms with Gasteiger partial charge in [-0.2, -0.15) is 4.79 Å². The highest BCUT2D eigenvalue weighted by Crippen LogP contribution is 2.28. The van der Waals surface area contributed by atoms with Gasteiger partial charge >= 0.3 is 0 Å². The summed E-state index contributed by atoms with van der Waals surface area (Å²) in [6, 6.07) is 5.18. The highest BCUT2D eigenvalue weighted by Gasteiger charge is 2.40. The lowest BCUT2D eigenvalue weighted by molar-refractivity contribution is -0.144. The van der Waals surface area contributed by atoms with Crippen molar-refractivity contribution < 1.29 is 19.2 Å². The Bertz CT molecular complexity index is 1280. The van der Waals surface area contributed by atoms with E-state index in [1.165, 1.54) is 18.0 Å². The summed E-state index contributed by atoms with van der Waals surface area (Å²) in [5.41, 5.74) is 20.3. The summed E-state index contributed by atoms with van der Waals surface area (Å²) in [6.45, 7) is 1.57. The number of nitrogens with zero attached hydrogens (tertiary/aromatic N) is 4. The van der Waals surface area contributed by atoms with Crippen molar-refractivity contribution in [1.29, 1.82) is 5.41 Å². The molecule has 42 heavy (non-hydrogen) atoms. The molecule has 15 heteroatoms. The molecule has 0 radical (unpaired) electrons. The number of anilines is 1. The average Bonchev–Trinajstić information content (AvgIpc) is 3.38. The van der Waals surface area contributed by atoms with Crippen LogP contribution >= 0.6 is 0 Å². The van der Waals surface area contributed by atoms with Crippen molar-refractivity contribution in [3.8, 4) is 0 Å². The van der Waals surface area contributed by atoms with E-state index in [0.29, 0.717) is 12.8 Å². The molecule has 0 bridgehead atoms. The van der Waals surface area contributed by atoms with E-state index in [-0.39, 0.29) is 42.8 Å². The van der Waals surface area contributed by atoms with Gasteiger partial charge in [0.05, 0.1) is 12.2 Å². The molecule has 1 fully saturated rings. The maximum absolute atomic E-state index is 14.1. The fourth-order valence-corrected chi connectivity index (χ4v) is 4.97. The van der Waals surface area contributed by atoms with Gasteiger partial charge in [0.15, 0.2) is 11.8 Å². The Labute approximate surface area is 243 Å². The average molecular weight is 582 g/mol. The second-order valence-electron chi connectivity index (χ2n) is 10.3. The van der Waals surface area contributed by atoms with Gasteiger partial charge in [-0.05, 0) is 37.0 Å². The largest absolute Gasteiger partial charge is 0.381 e. The molecule has 2 aromatic rings. The highest BCUT2D eigenvalue weighted by molar-refractivity contribution is 5.98. The number of rotatable bonds is 13. The summed E-state index contributed by atoms with van der Waals surface area (Å²) in [4.78, 5) is 55.8. The number of amides is 3. The second-order valence-corrected chi connectivity index (χ2v) is 10.3. The second kappa shape index (κ2) is 15.3. The molecule has 3 rings (SSSR count). The van der Waals surface area contributed by atoms with Crippen molar-refractivity contribution in [2.45, 2.75) is 76.0 Å². The summed E-state index contributed by atoms with van der Waals surface area (Å²) in [5.74, 6) is -0.266. The minimum Gasteiger partial charge on any atom is -0.381 e. The van der Waals surface area contributed by atoms with Crippen LogP contribution in [0.4, 0.5) is 5.82 Å². The van der Waals surface area contributed by atoms with E-state index < -0.39 is 35.8 Å². The standard InChI is InChI=1S/C27H39N11O4/c1-17(28)26(42)38(20-10-6-3-7-11-20)23(19(16-39)12-13-32-27(30)31)25(41)33-21(14-18-8-4-2-5-9-18)24(40)35-37-15-22(29)34-36-37/h2,4-5,8-9,15,17,20-21,23H,3,6-7,10-14,28-29H2,1H3,(H,33,41)(H,35,40)(H4,30,31,32)/t17-,21-,23-/m0/s1. The Morgan fingerprint density at radius 3 is 2.43 bits per heavy atom. The normalized spacial score (nSPS) is 15.4. The maximum atomic E-state index is 14.1. The number of benzene rings is 1. The van der Waals surface area contributed by atoms with E-state index >= 15 is 0 Å². The van der Waals surface area contributed by atoms with Crippen LogP contribution in [0.15, 0.2) is 42.1 Å². The predicted molar refractivity (Wildman–Crippen MR) is 156 cm³/mol. The van der Waals surface area contributed by atoms with Crippen molar-refractivity contribution in [2.24, 2.45) is 11.5 Å². The van der Waals surface area contributed by atoms with Crippen molar-refractivity contribution in [2.75, 3.05) is 17.7 Å². The molecule has 0 spiro atoms. The van der Waals surface area contributed by atoms with E-state index in [4.69, 9.17) is 22.6 Å². The van der Waals surface area contributed by atoms with Gasteiger partial charge < -0.3 is 32.7 Å². The third kappa shape index (κ3) is 8.88. The first-order valence-corrected chi connectivity index (χ1v) is 13.8. The van der Waals surface area contributed by atoms with Crippen LogP contribution in [0.5, 0.6) is 0 Å². The smallest absolute Gasteiger partial charge is 0.263 e. The van der Waals surface area contributed by atoms with E-state index in [1.807, 2.05) is 12.0 Å². The number of nitrogen functional groups attached to an aromatic ring is 1. The zero-order valence-electron chi connectivity index (χ0n) is 23.6. The topological polar surface area (TPSA) is 240 Å². The third-order valence-electron chi connectivity index (χ3n) is 6.96. The molecular formula is C27H39N11O4. The van der Waals surface area contributed by atoms with Gasteiger partial charge in [-0.25, -0.2) is 10.2 Å². The maximum Gasteiger partial charge on any atom is 0.263 e. The van der Waals surface area contributed by atoms with Crippen molar-refractivity contribution >= 4 is 35.4 Å². The minimum absolute atomic E-state index is 0.0373. The van der Waals surface area contributed by atoms with Crippen molar-refractivity contribution in [3.63, 3.8) is 0 Å². The first kappa shape index (κ1) is 31.8. The van der Waals surface area contributed by atoms with Gasteiger partial charge in [-0.1, -0.05) is 49.6 Å². The number of hydrogen-bond donors (Lipinski definition) is 7. The van der Waals surface area contributed by atoms with Gasteiger partial charge in [0.1, 0.15) is 18.0 Å². The van der Waals surface area contributed by atoms with Gasteiger partial charge in [-0.15, -0.1) is 5.10 Å². The lowest BCUT2D eigenvalue weighted by Gasteiger charge is -2.40. The molecule has 1 saturated carbocycles. The first-order chi connectivity index (χ1) is 20.1. The highest BCUT2D eigenvalue weighted by atomic mass is 16.2. The number of aromatic nitrogens is 3. The van der Waals surface area contributed by atoms with Crippen LogP contribution in [0.1, 0.15) is 51.0 Å². The molecule has 1 aromatic heterocycles. The zero-order valence-corrected chi connectivity index (χ0v) is 23.6.